The summed E-state index contributed by atoms with van der Waals surface area (Å²) in [6, 6.07) is 2.97. The fraction of sp³-hybridized carbons (Fsp3) is 1.00. The molecule has 0 heterocycles. The molecule has 1 heteroatoms. The summed E-state index contributed by atoms with van der Waals surface area (Å²) in [6.07, 6.45) is 8.59. The number of hydrogen-bond donors (Lipinski definition) is 0. The molecule has 0 fully saturated rings. The van der Waals surface area contributed by atoms with Crippen molar-refractivity contribution in [3.8, 4) is 0 Å². The van der Waals surface area contributed by atoms with E-state index in [1.165, 1.54) is 60.1 Å². The summed E-state index contributed by atoms with van der Waals surface area (Å²) in [6.45, 7) is 11.8. The largest absolute Gasteiger partial charge is 0.0651 e. The van der Waals surface area contributed by atoms with Gasteiger partial charge < -0.3 is 0 Å². The highest BCUT2D eigenvalue weighted by Gasteiger charge is 2.04. The summed E-state index contributed by atoms with van der Waals surface area (Å²) < 4.78 is 0. The van der Waals surface area contributed by atoms with E-state index in [0.717, 1.165) is 17.8 Å². The monoisotopic (exact) mass is 254 g/mol. The number of hydrogen-bond acceptors (Lipinski definition) is 0. The minimum atomic E-state index is 0.889. The molecule has 0 saturated heterocycles. The Morgan fingerprint density at radius 2 is 1.35 bits per heavy atom. The van der Waals surface area contributed by atoms with E-state index in [1.807, 2.05) is 0 Å². The maximum Gasteiger partial charge on any atom is 0.0378 e. The van der Waals surface area contributed by atoms with E-state index in [0.29, 0.717) is 0 Å². The minimum absolute atomic E-state index is 0.889. The average molecular weight is 255 g/mol. The molecule has 0 spiro atoms. The van der Waals surface area contributed by atoms with Crippen molar-refractivity contribution in [3.63, 3.8) is 0 Å². The van der Waals surface area contributed by atoms with Gasteiger partial charge in [0.2, 0.25) is 0 Å². The van der Waals surface area contributed by atoms with Crippen molar-refractivity contribution in [3.05, 3.63) is 0 Å². The maximum atomic E-state index is 2.44. The van der Waals surface area contributed by atoms with Crippen molar-refractivity contribution in [1.82, 2.24) is 0 Å². The van der Waals surface area contributed by atoms with Crippen molar-refractivity contribution in [1.29, 1.82) is 0 Å². The predicted molar refractivity (Wildman–Crippen MR) is 81.9 cm³/mol. The third kappa shape index (κ3) is 12.5. The summed E-state index contributed by atoms with van der Waals surface area (Å²) in [4.78, 5) is 0. The van der Waals surface area contributed by atoms with E-state index in [2.05, 4.69) is 34.6 Å². The highest BCUT2D eigenvalue weighted by molar-refractivity contribution is 6.35. The molecule has 0 nitrogen and oxygen atoms in total. The summed E-state index contributed by atoms with van der Waals surface area (Å²) in [5.41, 5.74) is 0. The molecule has 0 N–H and O–H groups in total. The van der Waals surface area contributed by atoms with Crippen molar-refractivity contribution in [2.24, 2.45) is 17.8 Å². The fourth-order valence-corrected chi connectivity index (χ4v) is 3.69. The molecule has 0 rings (SSSR count). The quantitative estimate of drug-likeness (QED) is 0.322. The molecule has 0 aliphatic rings. The van der Waals surface area contributed by atoms with Gasteiger partial charge in [-0.15, -0.1) is 0 Å². The van der Waals surface area contributed by atoms with Gasteiger partial charge in [0.05, 0.1) is 0 Å². The summed E-state index contributed by atoms with van der Waals surface area (Å²) in [5.74, 6) is 2.80. The number of rotatable bonds is 11. The van der Waals surface area contributed by atoms with Crippen LogP contribution in [0.5, 0.6) is 0 Å². The van der Waals surface area contributed by atoms with E-state index in [-0.39, 0.29) is 0 Å². The molecule has 17 heavy (non-hydrogen) atoms. The predicted octanol–water partition coefficient (Wildman–Crippen LogP) is 5.82. The molecular weight excluding hydrogens is 220 g/mol. The Hall–Kier alpha value is 0.217. The second-order valence-electron chi connectivity index (χ2n) is 6.27. The fourth-order valence-electron chi connectivity index (χ4n) is 2.04. The first kappa shape index (κ1) is 17.2. The lowest BCUT2D eigenvalue weighted by Crippen LogP contribution is -2.01. The first-order chi connectivity index (χ1) is 8.06. The van der Waals surface area contributed by atoms with E-state index in [1.54, 1.807) is 0 Å². The standard InChI is InChI=1S/C16H34Si/c1-6-15(4)10-12-17-13-11-16(5)9-7-8-14(2)3/h14-16H,6-13H2,1-5H3/t15-,16-/m0/s1. The second kappa shape index (κ2) is 11.3. The Morgan fingerprint density at radius 3 is 1.88 bits per heavy atom. The summed E-state index contributed by atoms with van der Waals surface area (Å²) in [5, 5.41) is 0. The molecular formula is C16H34Si. The Bertz CT molecular complexity index is 154. The van der Waals surface area contributed by atoms with Gasteiger partial charge in [-0.25, -0.2) is 0 Å². The topological polar surface area (TPSA) is 0 Å². The highest BCUT2D eigenvalue weighted by atomic mass is 28.2. The van der Waals surface area contributed by atoms with Crippen molar-refractivity contribution < 1.29 is 0 Å². The van der Waals surface area contributed by atoms with Gasteiger partial charge in [-0.1, -0.05) is 85.2 Å². The lowest BCUT2D eigenvalue weighted by Gasteiger charge is -2.12. The van der Waals surface area contributed by atoms with Crippen LogP contribution in [0.4, 0.5) is 0 Å². The van der Waals surface area contributed by atoms with E-state index in [9.17, 15) is 0 Å². The summed E-state index contributed by atoms with van der Waals surface area (Å²) >= 11 is 0. The second-order valence-corrected chi connectivity index (χ2v) is 7.77. The smallest absolute Gasteiger partial charge is 0.0378 e. The Labute approximate surface area is 113 Å². The Balaban J connectivity index is 3.24. The van der Waals surface area contributed by atoms with Crippen LogP contribution in [-0.2, 0) is 0 Å². The van der Waals surface area contributed by atoms with Crippen molar-refractivity contribution in [2.45, 2.75) is 85.2 Å². The van der Waals surface area contributed by atoms with Crippen LogP contribution < -0.4 is 0 Å². The van der Waals surface area contributed by atoms with Crippen molar-refractivity contribution in [2.75, 3.05) is 0 Å². The molecule has 0 aliphatic carbocycles. The molecule has 2 radical (unpaired) electrons. The molecule has 0 unspecified atom stereocenters. The zero-order valence-electron chi connectivity index (χ0n) is 12.9. The third-order valence-electron chi connectivity index (χ3n) is 3.80. The highest BCUT2D eigenvalue weighted by Crippen LogP contribution is 2.17. The molecule has 0 aliphatic heterocycles. The van der Waals surface area contributed by atoms with Crippen LogP contribution in [0.3, 0.4) is 0 Å². The zero-order valence-corrected chi connectivity index (χ0v) is 13.9. The SMILES string of the molecule is CC[C@H](C)CC[Si]CC[C@@H](C)CCCC(C)C. The van der Waals surface area contributed by atoms with Gasteiger partial charge in [-0.2, -0.15) is 0 Å². The van der Waals surface area contributed by atoms with Gasteiger partial charge in [0.15, 0.2) is 0 Å². The van der Waals surface area contributed by atoms with Gasteiger partial charge in [0, 0.05) is 9.52 Å². The van der Waals surface area contributed by atoms with Crippen LogP contribution in [-0.4, -0.2) is 9.52 Å². The molecule has 0 bridgehead atoms. The molecule has 0 aromatic carbocycles. The molecule has 0 saturated carbocycles. The van der Waals surface area contributed by atoms with Gasteiger partial charge in [0.1, 0.15) is 0 Å². The van der Waals surface area contributed by atoms with Crippen LogP contribution in [0.1, 0.15) is 73.1 Å². The molecule has 2 atom stereocenters. The van der Waals surface area contributed by atoms with Crippen LogP contribution >= 0.6 is 0 Å². The molecule has 102 valence electrons. The maximum absolute atomic E-state index is 2.44. The van der Waals surface area contributed by atoms with Crippen LogP contribution in [0, 0.1) is 17.8 Å². The minimum Gasteiger partial charge on any atom is -0.0651 e. The van der Waals surface area contributed by atoms with Gasteiger partial charge in [0.25, 0.3) is 0 Å². The molecule has 0 amide bonds. The third-order valence-corrected chi connectivity index (χ3v) is 5.09. The van der Waals surface area contributed by atoms with Gasteiger partial charge >= 0.3 is 0 Å². The zero-order chi connectivity index (χ0) is 13.1. The van der Waals surface area contributed by atoms with Crippen LogP contribution in [0.15, 0.2) is 0 Å². The Kier molecular flexibility index (Phi) is 11.5. The van der Waals surface area contributed by atoms with Crippen LogP contribution in [0.2, 0.25) is 12.1 Å². The van der Waals surface area contributed by atoms with Crippen LogP contribution in [0.25, 0.3) is 0 Å². The molecule has 0 aromatic heterocycles. The first-order valence-electron chi connectivity index (χ1n) is 7.76. The average Bonchev–Trinajstić information content (AvgIpc) is 2.27. The normalized spacial score (nSPS) is 15.2. The van der Waals surface area contributed by atoms with E-state index in [4.69, 9.17) is 0 Å². The van der Waals surface area contributed by atoms with Crippen molar-refractivity contribution >= 4 is 9.52 Å². The Morgan fingerprint density at radius 1 is 0.765 bits per heavy atom. The lowest BCUT2D eigenvalue weighted by atomic mass is 9.98. The van der Waals surface area contributed by atoms with E-state index < -0.39 is 0 Å². The first-order valence-corrected chi connectivity index (χ1v) is 9.18. The molecule has 0 aromatic rings. The van der Waals surface area contributed by atoms with Gasteiger partial charge in [-0.05, 0) is 17.8 Å². The van der Waals surface area contributed by atoms with Gasteiger partial charge in [-0.3, -0.25) is 0 Å². The lowest BCUT2D eigenvalue weighted by molar-refractivity contribution is 0.448. The van der Waals surface area contributed by atoms with E-state index >= 15 is 0 Å². The summed E-state index contributed by atoms with van der Waals surface area (Å²) in [7, 11) is 1.22.